The molecular formula is C13H14N4. The standard InChI is InChI=1S/C13H14N4/c1-16-8-10(7-15-16)9-17-5-4-11-6-12(14)2-3-13(11)17/h2-8H,9,14H2,1H3. The lowest BCUT2D eigenvalue weighted by Gasteiger charge is -2.03. The molecule has 0 bridgehead atoms. The minimum absolute atomic E-state index is 0.802. The number of rotatable bonds is 2. The van der Waals surface area contributed by atoms with Crippen LogP contribution in [0.4, 0.5) is 5.69 Å². The van der Waals surface area contributed by atoms with Gasteiger partial charge >= 0.3 is 0 Å². The molecule has 0 radical (unpaired) electrons. The normalized spacial score (nSPS) is 11.1. The molecule has 0 saturated carbocycles. The van der Waals surface area contributed by atoms with E-state index in [2.05, 4.69) is 28.0 Å². The predicted octanol–water partition coefficient (Wildman–Crippen LogP) is 2.01. The molecule has 0 fully saturated rings. The lowest BCUT2D eigenvalue weighted by molar-refractivity contribution is 0.764. The minimum atomic E-state index is 0.802. The van der Waals surface area contributed by atoms with Gasteiger partial charge in [-0.3, -0.25) is 4.68 Å². The van der Waals surface area contributed by atoms with E-state index in [1.165, 1.54) is 16.5 Å². The molecular weight excluding hydrogens is 212 g/mol. The van der Waals surface area contributed by atoms with Crippen molar-refractivity contribution in [3.8, 4) is 0 Å². The highest BCUT2D eigenvalue weighted by Gasteiger charge is 2.03. The van der Waals surface area contributed by atoms with Gasteiger partial charge in [0.2, 0.25) is 0 Å². The molecule has 0 spiro atoms. The molecule has 4 heteroatoms. The molecule has 0 atom stereocenters. The fourth-order valence-electron chi connectivity index (χ4n) is 2.11. The van der Waals surface area contributed by atoms with Crippen molar-refractivity contribution in [1.29, 1.82) is 0 Å². The number of aromatic nitrogens is 3. The van der Waals surface area contributed by atoms with Crippen LogP contribution < -0.4 is 5.73 Å². The second kappa shape index (κ2) is 3.66. The summed E-state index contributed by atoms with van der Waals surface area (Å²) in [6.07, 6.45) is 6.00. The Morgan fingerprint density at radius 2 is 2.18 bits per heavy atom. The van der Waals surface area contributed by atoms with Gasteiger partial charge in [0.25, 0.3) is 0 Å². The molecule has 0 saturated heterocycles. The quantitative estimate of drug-likeness (QED) is 0.679. The fourth-order valence-corrected chi connectivity index (χ4v) is 2.11. The number of fused-ring (bicyclic) bond motifs is 1. The van der Waals surface area contributed by atoms with Crippen LogP contribution in [-0.2, 0) is 13.6 Å². The maximum Gasteiger partial charge on any atom is 0.0539 e. The number of anilines is 1. The zero-order valence-corrected chi connectivity index (χ0v) is 9.67. The van der Waals surface area contributed by atoms with E-state index in [-0.39, 0.29) is 0 Å². The molecule has 2 N–H and O–H groups in total. The Balaban J connectivity index is 2.00. The number of hydrogen-bond donors (Lipinski definition) is 1. The Morgan fingerprint density at radius 3 is 2.94 bits per heavy atom. The van der Waals surface area contributed by atoms with Gasteiger partial charge in [-0.2, -0.15) is 5.10 Å². The van der Waals surface area contributed by atoms with Crippen LogP contribution in [0, 0.1) is 0 Å². The van der Waals surface area contributed by atoms with Crippen LogP contribution in [0.1, 0.15) is 5.56 Å². The number of hydrogen-bond acceptors (Lipinski definition) is 2. The first kappa shape index (κ1) is 9.96. The van der Waals surface area contributed by atoms with Gasteiger partial charge in [-0.05, 0) is 24.3 Å². The Bertz CT molecular complexity index is 663. The first-order valence-electron chi connectivity index (χ1n) is 5.54. The van der Waals surface area contributed by atoms with Gasteiger partial charge in [0.15, 0.2) is 0 Å². The number of nitrogens with two attached hydrogens (primary N) is 1. The van der Waals surface area contributed by atoms with E-state index < -0.39 is 0 Å². The summed E-state index contributed by atoms with van der Waals surface area (Å²) < 4.78 is 4.02. The van der Waals surface area contributed by atoms with Crippen LogP contribution in [0.5, 0.6) is 0 Å². The lowest BCUT2D eigenvalue weighted by atomic mass is 10.2. The average Bonchev–Trinajstić information content (AvgIpc) is 2.86. The third-order valence-corrected chi connectivity index (χ3v) is 2.91. The average molecular weight is 226 g/mol. The van der Waals surface area contributed by atoms with E-state index in [0.717, 1.165) is 12.2 Å². The minimum Gasteiger partial charge on any atom is -0.399 e. The van der Waals surface area contributed by atoms with Crippen LogP contribution in [0.15, 0.2) is 42.9 Å². The predicted molar refractivity (Wildman–Crippen MR) is 68.7 cm³/mol. The third-order valence-electron chi connectivity index (χ3n) is 2.91. The van der Waals surface area contributed by atoms with E-state index in [4.69, 9.17) is 5.73 Å². The van der Waals surface area contributed by atoms with E-state index in [1.807, 2.05) is 36.3 Å². The first-order chi connectivity index (χ1) is 8.22. The van der Waals surface area contributed by atoms with Crippen molar-refractivity contribution in [3.05, 3.63) is 48.4 Å². The molecule has 2 heterocycles. The maximum atomic E-state index is 5.77. The summed E-state index contributed by atoms with van der Waals surface area (Å²) in [5, 5.41) is 5.35. The van der Waals surface area contributed by atoms with Crippen LogP contribution in [-0.4, -0.2) is 14.3 Å². The molecule has 0 aliphatic rings. The van der Waals surface area contributed by atoms with Gasteiger partial charge in [-0.25, -0.2) is 0 Å². The van der Waals surface area contributed by atoms with E-state index in [1.54, 1.807) is 0 Å². The van der Waals surface area contributed by atoms with Crippen molar-refractivity contribution in [2.24, 2.45) is 7.05 Å². The Morgan fingerprint density at radius 1 is 1.29 bits per heavy atom. The molecule has 1 aromatic carbocycles. The Hall–Kier alpha value is -2.23. The summed E-state index contributed by atoms with van der Waals surface area (Å²) in [7, 11) is 1.93. The molecule has 0 aliphatic carbocycles. The summed E-state index contributed by atoms with van der Waals surface area (Å²) in [6.45, 7) is 0.835. The largest absolute Gasteiger partial charge is 0.399 e. The SMILES string of the molecule is Cn1cc(Cn2ccc3cc(N)ccc32)cn1. The molecule has 3 rings (SSSR count). The molecule has 0 aliphatic heterocycles. The van der Waals surface area contributed by atoms with E-state index in [0.29, 0.717) is 0 Å². The molecule has 3 aromatic rings. The van der Waals surface area contributed by atoms with Crippen LogP contribution >= 0.6 is 0 Å². The second-order valence-electron chi connectivity index (χ2n) is 4.28. The van der Waals surface area contributed by atoms with Crippen molar-refractivity contribution >= 4 is 16.6 Å². The van der Waals surface area contributed by atoms with Crippen molar-refractivity contribution in [3.63, 3.8) is 0 Å². The van der Waals surface area contributed by atoms with E-state index >= 15 is 0 Å². The maximum absolute atomic E-state index is 5.77. The summed E-state index contributed by atoms with van der Waals surface area (Å²) in [5.74, 6) is 0. The number of nitrogen functional groups attached to an aromatic ring is 1. The smallest absolute Gasteiger partial charge is 0.0539 e. The first-order valence-corrected chi connectivity index (χ1v) is 5.54. The Labute approximate surface area is 99.3 Å². The van der Waals surface area contributed by atoms with Crippen molar-refractivity contribution < 1.29 is 0 Å². The van der Waals surface area contributed by atoms with Crippen molar-refractivity contribution in [2.75, 3.05) is 5.73 Å². The highest BCUT2D eigenvalue weighted by atomic mass is 15.2. The molecule has 2 aromatic heterocycles. The van der Waals surface area contributed by atoms with Gasteiger partial charge in [-0.1, -0.05) is 0 Å². The molecule has 17 heavy (non-hydrogen) atoms. The fraction of sp³-hybridized carbons (Fsp3) is 0.154. The zero-order chi connectivity index (χ0) is 11.8. The molecule has 86 valence electrons. The van der Waals surface area contributed by atoms with Crippen LogP contribution in [0.2, 0.25) is 0 Å². The molecule has 4 nitrogen and oxygen atoms in total. The Kier molecular flexibility index (Phi) is 2.14. The van der Waals surface area contributed by atoms with Crippen LogP contribution in [0.25, 0.3) is 10.9 Å². The highest BCUT2D eigenvalue weighted by Crippen LogP contribution is 2.19. The molecule has 0 unspecified atom stereocenters. The van der Waals surface area contributed by atoms with Crippen LogP contribution in [0.3, 0.4) is 0 Å². The monoisotopic (exact) mass is 226 g/mol. The van der Waals surface area contributed by atoms with Crippen molar-refractivity contribution in [1.82, 2.24) is 14.3 Å². The topological polar surface area (TPSA) is 48.8 Å². The summed E-state index contributed by atoms with van der Waals surface area (Å²) in [6, 6.07) is 8.07. The van der Waals surface area contributed by atoms with Gasteiger partial charge in [0.05, 0.1) is 12.7 Å². The van der Waals surface area contributed by atoms with E-state index in [9.17, 15) is 0 Å². The summed E-state index contributed by atoms with van der Waals surface area (Å²) >= 11 is 0. The summed E-state index contributed by atoms with van der Waals surface area (Å²) in [5.41, 5.74) is 8.96. The number of benzene rings is 1. The second-order valence-corrected chi connectivity index (χ2v) is 4.28. The van der Waals surface area contributed by atoms with Crippen molar-refractivity contribution in [2.45, 2.75) is 6.54 Å². The lowest BCUT2D eigenvalue weighted by Crippen LogP contribution is -1.96. The number of nitrogens with zero attached hydrogens (tertiary/aromatic N) is 3. The highest BCUT2D eigenvalue weighted by molar-refractivity contribution is 5.83. The van der Waals surface area contributed by atoms with Gasteiger partial charge in [-0.15, -0.1) is 0 Å². The zero-order valence-electron chi connectivity index (χ0n) is 9.67. The van der Waals surface area contributed by atoms with Gasteiger partial charge in [0, 0.05) is 41.6 Å². The summed E-state index contributed by atoms with van der Waals surface area (Å²) in [4.78, 5) is 0. The number of aryl methyl sites for hydroxylation is 1. The molecule has 0 amide bonds. The third kappa shape index (κ3) is 1.78. The van der Waals surface area contributed by atoms with Gasteiger partial charge in [0.1, 0.15) is 0 Å². The van der Waals surface area contributed by atoms with Gasteiger partial charge < -0.3 is 10.3 Å².